The second-order valence-electron chi connectivity index (χ2n) is 7.92. The molecule has 1 fully saturated rings. The van der Waals surface area contributed by atoms with Crippen molar-refractivity contribution in [3.05, 3.63) is 52.5 Å². The number of halogens is 1. The minimum absolute atomic E-state index is 0.0619. The Morgan fingerprint density at radius 3 is 2.52 bits per heavy atom. The summed E-state index contributed by atoms with van der Waals surface area (Å²) < 4.78 is 27.7. The molecule has 2 aromatic rings. The Bertz CT molecular complexity index is 1120. The Morgan fingerprint density at radius 2 is 1.87 bits per heavy atom. The van der Waals surface area contributed by atoms with Gasteiger partial charge in [-0.2, -0.15) is 4.31 Å². The Balaban J connectivity index is 1.83. The number of piperidine rings is 1. The predicted molar refractivity (Wildman–Crippen MR) is 122 cm³/mol. The van der Waals surface area contributed by atoms with E-state index in [4.69, 9.17) is 11.6 Å². The highest BCUT2D eigenvalue weighted by Gasteiger charge is 2.31. The molecule has 1 aliphatic heterocycles. The Morgan fingerprint density at radius 1 is 1.13 bits per heavy atom. The molecule has 2 N–H and O–H groups in total. The lowest BCUT2D eigenvalue weighted by Crippen LogP contribution is -2.39. The van der Waals surface area contributed by atoms with Crippen molar-refractivity contribution in [3.63, 3.8) is 0 Å². The quantitative estimate of drug-likeness (QED) is 0.691. The fourth-order valence-electron chi connectivity index (χ4n) is 3.62. The molecule has 9 heteroatoms. The molecule has 1 atom stereocenters. The highest BCUT2D eigenvalue weighted by molar-refractivity contribution is 7.89. The molecule has 2 amide bonds. The summed E-state index contributed by atoms with van der Waals surface area (Å²) in [7, 11) is -3.80. The molecular formula is C22H26ClN3O4S. The van der Waals surface area contributed by atoms with E-state index in [1.807, 2.05) is 13.8 Å². The van der Waals surface area contributed by atoms with Crippen LogP contribution in [-0.4, -0.2) is 37.6 Å². The Hall–Kier alpha value is -2.42. The smallest absolute Gasteiger partial charge is 0.255 e. The van der Waals surface area contributed by atoms with E-state index in [0.29, 0.717) is 24.5 Å². The number of amides is 2. The average Bonchev–Trinajstić information content (AvgIpc) is 2.70. The number of benzene rings is 2. The topological polar surface area (TPSA) is 95.6 Å². The summed E-state index contributed by atoms with van der Waals surface area (Å²) in [5.41, 5.74) is 2.16. The second-order valence-corrected chi connectivity index (χ2v) is 10.2. The van der Waals surface area contributed by atoms with Crippen LogP contribution < -0.4 is 10.6 Å². The van der Waals surface area contributed by atoms with Gasteiger partial charge >= 0.3 is 0 Å². The number of hydrogen-bond donors (Lipinski definition) is 2. The number of nitrogens with zero attached hydrogens (tertiary/aromatic N) is 1. The van der Waals surface area contributed by atoms with Crippen LogP contribution in [0.2, 0.25) is 5.02 Å². The number of sulfonamides is 1. The van der Waals surface area contributed by atoms with Gasteiger partial charge in [0.1, 0.15) is 4.90 Å². The molecule has 0 radical (unpaired) electrons. The number of hydrogen-bond acceptors (Lipinski definition) is 4. The first-order valence-corrected chi connectivity index (χ1v) is 11.9. The lowest BCUT2D eigenvalue weighted by atomic mass is 10.0. The SMILES string of the molecule is CC(=O)Nc1ccc(NC(=O)c2ccc(Cl)c(S(=O)(=O)N3CCCC(C)C3)c2)cc1C. The summed E-state index contributed by atoms with van der Waals surface area (Å²) in [5.74, 6) is -0.359. The normalized spacial score (nSPS) is 17.2. The fourth-order valence-corrected chi connectivity index (χ4v) is 5.72. The zero-order valence-corrected chi connectivity index (χ0v) is 19.3. The van der Waals surface area contributed by atoms with Crippen molar-refractivity contribution in [3.8, 4) is 0 Å². The summed E-state index contributed by atoms with van der Waals surface area (Å²) in [4.78, 5) is 24.0. The molecule has 166 valence electrons. The van der Waals surface area contributed by atoms with Crippen molar-refractivity contribution in [2.24, 2.45) is 5.92 Å². The van der Waals surface area contributed by atoms with E-state index in [9.17, 15) is 18.0 Å². The van der Waals surface area contributed by atoms with E-state index in [1.165, 1.54) is 29.4 Å². The van der Waals surface area contributed by atoms with Crippen molar-refractivity contribution < 1.29 is 18.0 Å². The van der Waals surface area contributed by atoms with Gasteiger partial charge < -0.3 is 10.6 Å². The first-order chi connectivity index (χ1) is 14.6. The highest BCUT2D eigenvalue weighted by Crippen LogP contribution is 2.29. The van der Waals surface area contributed by atoms with E-state index in [0.717, 1.165) is 18.4 Å². The molecule has 3 rings (SSSR count). The number of nitrogens with one attached hydrogen (secondary N) is 2. The number of carbonyl (C=O) groups excluding carboxylic acids is 2. The van der Waals surface area contributed by atoms with Crippen molar-refractivity contribution in [2.45, 2.75) is 38.5 Å². The summed E-state index contributed by atoms with van der Waals surface area (Å²) in [6.45, 7) is 6.14. The first-order valence-electron chi connectivity index (χ1n) is 10.1. The number of anilines is 2. The van der Waals surface area contributed by atoms with Crippen molar-refractivity contribution in [1.82, 2.24) is 4.31 Å². The van der Waals surface area contributed by atoms with Crippen molar-refractivity contribution >= 4 is 44.8 Å². The van der Waals surface area contributed by atoms with Gasteiger partial charge in [0, 0.05) is 37.0 Å². The molecule has 1 aliphatic rings. The lowest BCUT2D eigenvalue weighted by molar-refractivity contribution is -0.114. The van der Waals surface area contributed by atoms with Gasteiger partial charge in [-0.3, -0.25) is 9.59 Å². The molecule has 0 aliphatic carbocycles. The molecule has 31 heavy (non-hydrogen) atoms. The van der Waals surface area contributed by atoms with Crippen LogP contribution >= 0.6 is 11.6 Å². The minimum atomic E-state index is -3.80. The van der Waals surface area contributed by atoms with Crippen LogP contribution in [0.4, 0.5) is 11.4 Å². The minimum Gasteiger partial charge on any atom is -0.326 e. The summed E-state index contributed by atoms with van der Waals surface area (Å²) >= 11 is 6.21. The first kappa shape index (κ1) is 23.2. The maximum atomic E-state index is 13.1. The maximum absolute atomic E-state index is 13.1. The van der Waals surface area contributed by atoms with E-state index in [2.05, 4.69) is 10.6 Å². The number of carbonyl (C=O) groups is 2. The lowest BCUT2D eigenvalue weighted by Gasteiger charge is -2.30. The average molecular weight is 464 g/mol. The van der Waals surface area contributed by atoms with Crippen LogP contribution in [0.25, 0.3) is 0 Å². The van der Waals surface area contributed by atoms with Gasteiger partial charge in [-0.25, -0.2) is 8.42 Å². The van der Waals surface area contributed by atoms with Crippen LogP contribution in [-0.2, 0) is 14.8 Å². The van der Waals surface area contributed by atoms with Gasteiger partial charge in [-0.15, -0.1) is 0 Å². The monoisotopic (exact) mass is 463 g/mol. The third-order valence-corrected chi connectivity index (χ3v) is 7.57. The standard InChI is InChI=1S/C22H26ClN3O4S/c1-14-5-4-10-26(13-14)31(29,30)21-12-17(6-8-19(21)23)22(28)25-18-7-9-20(15(2)11-18)24-16(3)27/h6-9,11-12,14H,4-5,10,13H2,1-3H3,(H,24,27)(H,25,28). The maximum Gasteiger partial charge on any atom is 0.255 e. The predicted octanol–water partition coefficient (Wildman–Crippen LogP) is 4.28. The van der Waals surface area contributed by atoms with Crippen molar-refractivity contribution in [1.29, 1.82) is 0 Å². The van der Waals surface area contributed by atoms with E-state index >= 15 is 0 Å². The summed E-state index contributed by atoms with van der Waals surface area (Å²) in [5, 5.41) is 5.56. The van der Waals surface area contributed by atoms with E-state index < -0.39 is 15.9 Å². The molecule has 1 saturated heterocycles. The van der Waals surface area contributed by atoms with Crippen molar-refractivity contribution in [2.75, 3.05) is 23.7 Å². The fraction of sp³-hybridized carbons (Fsp3) is 0.364. The number of aryl methyl sites for hydroxylation is 1. The van der Waals surface area contributed by atoms with Gasteiger partial charge in [0.25, 0.3) is 5.91 Å². The molecule has 0 bridgehead atoms. The number of rotatable bonds is 5. The van der Waals surface area contributed by atoms with Gasteiger partial charge in [-0.1, -0.05) is 18.5 Å². The molecular weight excluding hydrogens is 438 g/mol. The zero-order chi connectivity index (χ0) is 22.8. The largest absolute Gasteiger partial charge is 0.326 e. The molecule has 0 spiro atoms. The zero-order valence-electron chi connectivity index (χ0n) is 17.7. The van der Waals surface area contributed by atoms with Gasteiger partial charge in [-0.05, 0) is 67.6 Å². The third-order valence-electron chi connectivity index (χ3n) is 5.23. The Kier molecular flexibility index (Phi) is 7.03. The van der Waals surface area contributed by atoms with E-state index in [1.54, 1.807) is 18.2 Å². The molecule has 0 aromatic heterocycles. The van der Waals surface area contributed by atoms with Crippen LogP contribution in [0.15, 0.2) is 41.3 Å². The molecule has 1 heterocycles. The van der Waals surface area contributed by atoms with Crippen LogP contribution in [0, 0.1) is 12.8 Å². The third kappa shape index (κ3) is 5.44. The molecule has 0 saturated carbocycles. The molecule has 1 unspecified atom stereocenters. The molecule has 7 nitrogen and oxygen atoms in total. The van der Waals surface area contributed by atoms with Gasteiger partial charge in [0.15, 0.2) is 0 Å². The summed E-state index contributed by atoms with van der Waals surface area (Å²) in [6, 6.07) is 9.34. The summed E-state index contributed by atoms with van der Waals surface area (Å²) in [6.07, 6.45) is 1.79. The second kappa shape index (κ2) is 9.38. The van der Waals surface area contributed by atoms with Crippen LogP contribution in [0.1, 0.15) is 42.6 Å². The van der Waals surface area contributed by atoms with Gasteiger partial charge in [0.2, 0.25) is 15.9 Å². The van der Waals surface area contributed by atoms with Crippen LogP contribution in [0.3, 0.4) is 0 Å². The van der Waals surface area contributed by atoms with Gasteiger partial charge in [0.05, 0.1) is 5.02 Å². The highest BCUT2D eigenvalue weighted by atomic mass is 35.5. The van der Waals surface area contributed by atoms with E-state index in [-0.39, 0.29) is 27.3 Å². The van der Waals surface area contributed by atoms with Crippen LogP contribution in [0.5, 0.6) is 0 Å². The Labute approximate surface area is 187 Å². The molecule has 2 aromatic carbocycles.